The van der Waals surface area contributed by atoms with Crippen LogP contribution in [-0.2, 0) is 22.6 Å². The molecule has 1 fully saturated rings. The van der Waals surface area contributed by atoms with Gasteiger partial charge in [-0.2, -0.15) is 0 Å². The minimum atomic E-state index is -1.16. The van der Waals surface area contributed by atoms with E-state index in [2.05, 4.69) is 10.3 Å². The van der Waals surface area contributed by atoms with Gasteiger partial charge in [0.1, 0.15) is 11.2 Å². The third-order valence-electron chi connectivity index (χ3n) is 6.42. The van der Waals surface area contributed by atoms with Crippen LogP contribution in [0.25, 0.3) is 0 Å². The van der Waals surface area contributed by atoms with Crippen molar-refractivity contribution in [1.29, 1.82) is 0 Å². The molecule has 170 valence electrons. The van der Waals surface area contributed by atoms with Crippen molar-refractivity contribution in [3.63, 3.8) is 0 Å². The lowest BCUT2D eigenvalue weighted by atomic mass is 9.91. The molecule has 32 heavy (non-hydrogen) atoms. The van der Waals surface area contributed by atoms with E-state index in [4.69, 9.17) is 16.3 Å². The number of fused-ring (bicyclic) bond motifs is 1. The Labute approximate surface area is 191 Å². The molecule has 1 aliphatic heterocycles. The van der Waals surface area contributed by atoms with Crippen molar-refractivity contribution in [1.82, 2.24) is 19.8 Å². The highest BCUT2D eigenvalue weighted by molar-refractivity contribution is 6.30. The number of carbonyl (C=O) groups excluding carboxylic acids is 3. The van der Waals surface area contributed by atoms with E-state index in [1.54, 1.807) is 23.6 Å². The van der Waals surface area contributed by atoms with Crippen LogP contribution in [0.5, 0.6) is 0 Å². The number of imidazole rings is 1. The van der Waals surface area contributed by atoms with Crippen molar-refractivity contribution >= 4 is 29.4 Å². The van der Waals surface area contributed by atoms with Gasteiger partial charge in [0.25, 0.3) is 5.91 Å². The average molecular weight is 459 g/mol. The molecule has 1 atom stereocenters. The fourth-order valence-corrected chi connectivity index (χ4v) is 4.67. The molecule has 8 nitrogen and oxygen atoms in total. The Morgan fingerprint density at radius 3 is 2.56 bits per heavy atom. The normalized spacial score (nSPS) is 21.2. The molecule has 1 aromatic heterocycles. The Kier molecular flexibility index (Phi) is 6.24. The summed E-state index contributed by atoms with van der Waals surface area (Å²) in [6.07, 6.45) is 6.66. The molecule has 1 aromatic carbocycles. The fourth-order valence-electron chi connectivity index (χ4n) is 4.54. The Morgan fingerprint density at radius 1 is 1.22 bits per heavy atom. The van der Waals surface area contributed by atoms with Crippen LogP contribution in [0, 0.1) is 0 Å². The van der Waals surface area contributed by atoms with Crippen molar-refractivity contribution < 1.29 is 19.1 Å². The molecule has 2 aromatic rings. The van der Waals surface area contributed by atoms with Gasteiger partial charge in [-0.05, 0) is 37.5 Å². The monoisotopic (exact) mass is 458 g/mol. The summed E-state index contributed by atoms with van der Waals surface area (Å²) in [5.74, 6) is -1.33. The number of ether oxygens (including phenoxy) is 1. The molecular weight excluding hydrogens is 432 g/mol. The molecule has 2 aliphatic rings. The number of amides is 2. The molecule has 2 heterocycles. The molecule has 0 radical (unpaired) electrons. The van der Waals surface area contributed by atoms with Crippen molar-refractivity contribution in [3.05, 3.63) is 52.6 Å². The second kappa shape index (κ2) is 8.94. The van der Waals surface area contributed by atoms with E-state index < -0.39 is 17.4 Å². The second-order valence-corrected chi connectivity index (χ2v) is 9.10. The number of carbonyl (C=O) groups is 3. The molecule has 9 heteroatoms. The Hall–Kier alpha value is -2.87. The lowest BCUT2D eigenvalue weighted by molar-refractivity contribution is -0.134. The van der Waals surface area contributed by atoms with Gasteiger partial charge in [-0.15, -0.1) is 0 Å². The van der Waals surface area contributed by atoms with Crippen LogP contribution in [0.1, 0.15) is 65.6 Å². The summed E-state index contributed by atoms with van der Waals surface area (Å²) in [7, 11) is 1.24. The number of hydrogen-bond donors (Lipinski definition) is 1. The summed E-state index contributed by atoms with van der Waals surface area (Å²) in [6, 6.07) is 7.24. The summed E-state index contributed by atoms with van der Waals surface area (Å²) in [5, 5.41) is 3.75. The molecule has 0 spiro atoms. The van der Waals surface area contributed by atoms with Crippen LogP contribution in [0.15, 0.2) is 30.6 Å². The number of benzene rings is 1. The van der Waals surface area contributed by atoms with Crippen molar-refractivity contribution in [3.8, 4) is 0 Å². The first kappa shape index (κ1) is 22.3. The quantitative estimate of drug-likeness (QED) is 0.694. The summed E-state index contributed by atoms with van der Waals surface area (Å²) >= 11 is 6.01. The molecule has 2 amide bonds. The molecule has 1 saturated carbocycles. The minimum absolute atomic E-state index is 0.0478. The van der Waals surface area contributed by atoms with Gasteiger partial charge in [-0.1, -0.05) is 43.0 Å². The van der Waals surface area contributed by atoms with Crippen molar-refractivity contribution in [2.45, 2.75) is 63.7 Å². The fraction of sp³-hybridized carbons (Fsp3) is 0.478. The molecule has 0 bridgehead atoms. The maximum Gasteiger partial charge on any atom is 0.359 e. The molecule has 1 unspecified atom stereocenters. The lowest BCUT2D eigenvalue weighted by Crippen LogP contribution is -2.64. The van der Waals surface area contributed by atoms with E-state index in [0.29, 0.717) is 5.02 Å². The van der Waals surface area contributed by atoms with Crippen LogP contribution in [0.3, 0.4) is 0 Å². The van der Waals surface area contributed by atoms with Gasteiger partial charge in [0.05, 0.1) is 20.0 Å². The number of hydrogen-bond acceptors (Lipinski definition) is 5. The number of rotatable bonds is 5. The highest BCUT2D eigenvalue weighted by Gasteiger charge is 2.49. The van der Waals surface area contributed by atoms with E-state index in [1.807, 2.05) is 12.1 Å². The predicted octanol–water partition coefficient (Wildman–Crippen LogP) is 3.19. The van der Waals surface area contributed by atoms with Gasteiger partial charge in [0, 0.05) is 17.6 Å². The summed E-state index contributed by atoms with van der Waals surface area (Å²) in [5.41, 5.74) is -0.246. The molecular formula is C23H27ClN4O4. The van der Waals surface area contributed by atoms with Gasteiger partial charge < -0.3 is 19.5 Å². The van der Waals surface area contributed by atoms with E-state index in [9.17, 15) is 14.4 Å². The van der Waals surface area contributed by atoms with Crippen LogP contribution >= 0.6 is 11.6 Å². The zero-order valence-corrected chi connectivity index (χ0v) is 19.0. The molecule has 4 rings (SSSR count). The Balaban J connectivity index is 1.71. The topological polar surface area (TPSA) is 93.5 Å². The number of methoxy groups -OCH3 is 1. The van der Waals surface area contributed by atoms with Gasteiger partial charge in [0.15, 0.2) is 5.69 Å². The van der Waals surface area contributed by atoms with Crippen LogP contribution in [0.2, 0.25) is 5.02 Å². The third-order valence-corrected chi connectivity index (χ3v) is 6.67. The van der Waals surface area contributed by atoms with Crippen LogP contribution < -0.4 is 5.32 Å². The van der Waals surface area contributed by atoms with Crippen molar-refractivity contribution in [2.24, 2.45) is 0 Å². The van der Waals surface area contributed by atoms with Gasteiger partial charge >= 0.3 is 5.97 Å². The van der Waals surface area contributed by atoms with Gasteiger partial charge in [-0.25, -0.2) is 9.78 Å². The first-order valence-electron chi connectivity index (χ1n) is 10.8. The second-order valence-electron chi connectivity index (χ2n) is 8.66. The highest BCUT2D eigenvalue weighted by atomic mass is 35.5. The SMILES string of the molecule is COC(=O)c1ncn2c1C(=O)N(Cc1ccc(Cl)cc1)C(C)(C(=O)NC1CCCCC1)C2. The zero-order chi connectivity index (χ0) is 22.9. The van der Waals surface area contributed by atoms with Gasteiger partial charge in [-0.3, -0.25) is 9.59 Å². The lowest BCUT2D eigenvalue weighted by Gasteiger charge is -2.44. The first-order valence-corrected chi connectivity index (χ1v) is 11.2. The molecule has 1 N–H and O–H groups in total. The largest absolute Gasteiger partial charge is 0.464 e. The Bertz CT molecular complexity index is 1030. The smallest absolute Gasteiger partial charge is 0.359 e. The van der Waals surface area contributed by atoms with E-state index >= 15 is 0 Å². The number of nitrogens with zero attached hydrogens (tertiary/aromatic N) is 3. The predicted molar refractivity (Wildman–Crippen MR) is 118 cm³/mol. The molecule has 1 aliphatic carbocycles. The highest BCUT2D eigenvalue weighted by Crippen LogP contribution is 2.31. The zero-order valence-electron chi connectivity index (χ0n) is 18.3. The number of aromatic nitrogens is 2. The Morgan fingerprint density at radius 2 is 1.91 bits per heavy atom. The van der Waals surface area contributed by atoms with Crippen molar-refractivity contribution in [2.75, 3.05) is 7.11 Å². The van der Waals surface area contributed by atoms with E-state index in [0.717, 1.165) is 31.2 Å². The van der Waals surface area contributed by atoms with Gasteiger partial charge in [0.2, 0.25) is 5.91 Å². The molecule has 0 saturated heterocycles. The number of esters is 1. The summed E-state index contributed by atoms with van der Waals surface area (Å²) < 4.78 is 6.37. The number of nitrogens with one attached hydrogen (secondary N) is 1. The average Bonchev–Trinajstić information content (AvgIpc) is 3.21. The van der Waals surface area contributed by atoms with E-state index in [1.165, 1.54) is 24.8 Å². The standard InChI is InChI=1S/C23H27ClN4O4/c1-23(22(31)26-17-6-4-3-5-7-17)13-27-14-25-18(21(30)32-2)19(27)20(29)28(23)12-15-8-10-16(24)11-9-15/h8-11,14,17H,3-7,12-13H2,1-2H3,(H,26,31). The maximum absolute atomic E-state index is 13.7. The van der Waals surface area contributed by atoms with E-state index in [-0.39, 0.29) is 36.4 Å². The summed E-state index contributed by atoms with van der Waals surface area (Å²) in [6.45, 7) is 2.14. The maximum atomic E-state index is 13.7. The number of halogens is 1. The summed E-state index contributed by atoms with van der Waals surface area (Å²) in [4.78, 5) is 45.0. The van der Waals surface area contributed by atoms with Crippen LogP contribution in [-0.4, -0.2) is 50.9 Å². The minimum Gasteiger partial charge on any atom is -0.464 e. The van der Waals surface area contributed by atoms with Crippen LogP contribution in [0.4, 0.5) is 0 Å². The first-order chi connectivity index (χ1) is 15.3. The third kappa shape index (κ3) is 4.11.